The third-order valence-electron chi connectivity index (χ3n) is 6.00. The van der Waals surface area contributed by atoms with Gasteiger partial charge in [-0.2, -0.15) is 0 Å². The van der Waals surface area contributed by atoms with Gasteiger partial charge in [-0.1, -0.05) is 60.7 Å². The Hall–Kier alpha value is -3.35. The second-order valence-corrected chi connectivity index (χ2v) is 7.97. The first-order valence-electron chi connectivity index (χ1n) is 10.9. The van der Waals surface area contributed by atoms with E-state index in [0.717, 1.165) is 30.1 Å². The Morgan fingerprint density at radius 3 is 1.97 bits per heavy atom. The van der Waals surface area contributed by atoms with Crippen LogP contribution in [-0.2, 0) is 0 Å². The van der Waals surface area contributed by atoms with Crippen LogP contribution in [0.1, 0.15) is 23.2 Å². The van der Waals surface area contributed by atoms with E-state index in [4.69, 9.17) is 10.5 Å². The molecule has 0 radical (unpaired) electrons. The third-order valence-corrected chi connectivity index (χ3v) is 6.00. The normalized spacial score (nSPS) is 16.2. The molecule has 6 nitrogen and oxygen atoms in total. The number of rotatable bonds is 6. The van der Waals surface area contributed by atoms with Crippen LogP contribution >= 0.6 is 0 Å². The summed E-state index contributed by atoms with van der Waals surface area (Å²) in [7, 11) is 1.62. The van der Waals surface area contributed by atoms with E-state index in [2.05, 4.69) is 46.6 Å². The number of carbonyl (C=O) groups is 1. The van der Waals surface area contributed by atoms with Gasteiger partial charge in [0.25, 0.3) is 0 Å². The van der Waals surface area contributed by atoms with Crippen LogP contribution in [0.5, 0.6) is 5.75 Å². The summed E-state index contributed by atoms with van der Waals surface area (Å²) in [5.41, 5.74) is 9.84. The summed E-state index contributed by atoms with van der Waals surface area (Å²) in [6, 6.07) is 27.8. The van der Waals surface area contributed by atoms with Gasteiger partial charge < -0.3 is 20.7 Å². The van der Waals surface area contributed by atoms with Gasteiger partial charge in [-0.25, -0.2) is 4.79 Å². The number of ether oxygens (including phenoxy) is 1. The van der Waals surface area contributed by atoms with Crippen molar-refractivity contribution in [2.75, 3.05) is 38.6 Å². The van der Waals surface area contributed by atoms with E-state index in [9.17, 15) is 4.79 Å². The quantitative estimate of drug-likeness (QED) is 0.612. The van der Waals surface area contributed by atoms with Crippen molar-refractivity contribution in [2.24, 2.45) is 5.73 Å². The number of carbonyl (C=O) groups excluding carboxylic acids is 1. The molecular weight excluding hydrogens is 400 g/mol. The van der Waals surface area contributed by atoms with Gasteiger partial charge in [0.2, 0.25) is 0 Å². The summed E-state index contributed by atoms with van der Waals surface area (Å²) in [6.07, 6.45) is 0. The third kappa shape index (κ3) is 5.10. The summed E-state index contributed by atoms with van der Waals surface area (Å²) < 4.78 is 5.17. The zero-order valence-corrected chi connectivity index (χ0v) is 18.4. The molecule has 1 aliphatic rings. The minimum absolute atomic E-state index is 0.0467. The maximum absolute atomic E-state index is 12.8. The van der Waals surface area contributed by atoms with Gasteiger partial charge in [-0.05, 0) is 35.4 Å². The molecule has 0 bridgehead atoms. The maximum Gasteiger partial charge on any atom is 0.321 e. The number of nitrogens with zero attached hydrogens (tertiary/aromatic N) is 2. The van der Waals surface area contributed by atoms with Gasteiger partial charge in [0.15, 0.2) is 0 Å². The van der Waals surface area contributed by atoms with Crippen LogP contribution in [0.15, 0.2) is 84.9 Å². The van der Waals surface area contributed by atoms with Crippen LogP contribution in [0.2, 0.25) is 0 Å². The number of amides is 2. The number of methoxy groups -OCH3 is 1. The molecule has 1 heterocycles. The van der Waals surface area contributed by atoms with Crippen molar-refractivity contribution in [1.29, 1.82) is 0 Å². The fourth-order valence-corrected chi connectivity index (χ4v) is 4.23. The van der Waals surface area contributed by atoms with E-state index < -0.39 is 0 Å². The first-order chi connectivity index (χ1) is 15.7. The predicted molar refractivity (Wildman–Crippen MR) is 128 cm³/mol. The Bertz CT molecular complexity index is 987. The average molecular weight is 431 g/mol. The zero-order valence-electron chi connectivity index (χ0n) is 18.4. The smallest absolute Gasteiger partial charge is 0.321 e. The molecule has 1 saturated heterocycles. The van der Waals surface area contributed by atoms with E-state index >= 15 is 0 Å². The molecule has 0 spiro atoms. The fourth-order valence-electron chi connectivity index (χ4n) is 4.23. The highest BCUT2D eigenvalue weighted by Gasteiger charge is 2.31. The fraction of sp³-hybridized carbons (Fsp3) is 0.269. The molecule has 1 fully saturated rings. The Balaban J connectivity index is 1.43. The molecule has 0 aliphatic carbocycles. The summed E-state index contributed by atoms with van der Waals surface area (Å²) in [6.45, 7) is 2.81. The summed E-state index contributed by atoms with van der Waals surface area (Å²) in [5, 5.41) is 2.98. The van der Waals surface area contributed by atoms with Gasteiger partial charge in [0, 0.05) is 37.9 Å². The van der Waals surface area contributed by atoms with Crippen molar-refractivity contribution in [3.05, 3.63) is 96.1 Å². The molecule has 2 amide bonds. The van der Waals surface area contributed by atoms with E-state index in [-0.39, 0.29) is 18.1 Å². The largest absolute Gasteiger partial charge is 0.497 e. The van der Waals surface area contributed by atoms with Crippen LogP contribution in [0.3, 0.4) is 0 Å². The second-order valence-electron chi connectivity index (χ2n) is 7.97. The predicted octanol–water partition coefficient (Wildman–Crippen LogP) is 4.29. The molecule has 3 aromatic rings. The van der Waals surface area contributed by atoms with Gasteiger partial charge in [0.05, 0.1) is 13.2 Å². The maximum atomic E-state index is 12.8. The lowest BCUT2D eigenvalue weighted by atomic mass is 9.92. The molecule has 1 aliphatic heterocycles. The van der Waals surface area contributed by atoms with Crippen molar-refractivity contribution >= 4 is 11.7 Å². The molecule has 6 heteroatoms. The Morgan fingerprint density at radius 1 is 0.844 bits per heavy atom. The molecule has 2 atom stereocenters. The standard InChI is InChI=1S/C26H30N4O2/c1-32-23-14-12-22(13-15-23)28-26(31)30-18-16-29(17-19-30)25(21-10-6-3-7-11-21)24(27)20-8-4-2-5-9-20/h2-15,24-25H,16-19,27H2,1H3,(H,28,31). The summed E-state index contributed by atoms with van der Waals surface area (Å²) >= 11 is 0. The Labute approximate surface area is 189 Å². The summed E-state index contributed by atoms with van der Waals surface area (Å²) in [5.74, 6) is 0.762. The molecule has 166 valence electrons. The van der Waals surface area contributed by atoms with Crippen molar-refractivity contribution in [2.45, 2.75) is 12.1 Å². The molecule has 3 N–H and O–H groups in total. The number of benzene rings is 3. The number of anilines is 1. The lowest BCUT2D eigenvalue weighted by Gasteiger charge is -2.41. The number of nitrogens with two attached hydrogens (primary N) is 1. The molecule has 3 aromatic carbocycles. The number of hydrogen-bond acceptors (Lipinski definition) is 4. The minimum Gasteiger partial charge on any atom is -0.497 e. The van der Waals surface area contributed by atoms with Crippen LogP contribution in [0.4, 0.5) is 10.5 Å². The molecular formula is C26H30N4O2. The molecule has 4 rings (SSSR count). The van der Waals surface area contributed by atoms with E-state index in [0.29, 0.717) is 13.1 Å². The van der Waals surface area contributed by atoms with Gasteiger partial charge in [-0.15, -0.1) is 0 Å². The van der Waals surface area contributed by atoms with Crippen LogP contribution < -0.4 is 15.8 Å². The van der Waals surface area contributed by atoms with Crippen molar-refractivity contribution in [3.63, 3.8) is 0 Å². The van der Waals surface area contributed by atoms with Gasteiger partial charge in [0.1, 0.15) is 5.75 Å². The molecule has 32 heavy (non-hydrogen) atoms. The second kappa shape index (κ2) is 10.3. The molecule has 0 aromatic heterocycles. The topological polar surface area (TPSA) is 70.8 Å². The van der Waals surface area contributed by atoms with E-state index in [1.165, 1.54) is 5.56 Å². The monoisotopic (exact) mass is 430 g/mol. The zero-order chi connectivity index (χ0) is 22.3. The van der Waals surface area contributed by atoms with E-state index in [1.54, 1.807) is 7.11 Å². The van der Waals surface area contributed by atoms with Gasteiger partial charge in [-0.3, -0.25) is 4.90 Å². The highest BCUT2D eigenvalue weighted by Crippen LogP contribution is 2.33. The number of piperazine rings is 1. The molecule has 2 unspecified atom stereocenters. The Kier molecular flexibility index (Phi) is 7.04. The average Bonchev–Trinajstić information content (AvgIpc) is 2.86. The minimum atomic E-state index is -0.154. The van der Waals surface area contributed by atoms with E-state index in [1.807, 2.05) is 53.4 Å². The van der Waals surface area contributed by atoms with Crippen LogP contribution in [0, 0.1) is 0 Å². The number of urea groups is 1. The first kappa shape index (κ1) is 21.9. The highest BCUT2D eigenvalue weighted by atomic mass is 16.5. The van der Waals surface area contributed by atoms with Crippen molar-refractivity contribution < 1.29 is 9.53 Å². The van der Waals surface area contributed by atoms with Crippen molar-refractivity contribution in [1.82, 2.24) is 9.80 Å². The molecule has 0 saturated carbocycles. The lowest BCUT2D eigenvalue weighted by Crippen LogP contribution is -2.52. The number of nitrogens with one attached hydrogen (secondary N) is 1. The van der Waals surface area contributed by atoms with Crippen LogP contribution in [0.25, 0.3) is 0 Å². The number of hydrogen-bond donors (Lipinski definition) is 2. The van der Waals surface area contributed by atoms with Crippen LogP contribution in [-0.4, -0.2) is 49.1 Å². The lowest BCUT2D eigenvalue weighted by molar-refractivity contribution is 0.100. The Morgan fingerprint density at radius 2 is 1.41 bits per heavy atom. The SMILES string of the molecule is COc1ccc(NC(=O)N2CCN(C(c3ccccc3)C(N)c3ccccc3)CC2)cc1. The highest BCUT2D eigenvalue weighted by molar-refractivity contribution is 5.89. The summed E-state index contributed by atoms with van der Waals surface area (Å²) in [4.78, 5) is 17.0. The van der Waals surface area contributed by atoms with Gasteiger partial charge >= 0.3 is 6.03 Å². The first-order valence-corrected chi connectivity index (χ1v) is 10.9. The van der Waals surface area contributed by atoms with Crippen molar-refractivity contribution in [3.8, 4) is 5.75 Å².